The van der Waals surface area contributed by atoms with Crippen molar-refractivity contribution in [1.82, 2.24) is 0 Å². The normalized spacial score (nSPS) is 12.5. The topological polar surface area (TPSA) is 26.0 Å². The number of hydrogen-bond acceptors (Lipinski definition) is 1. The van der Waals surface area contributed by atoms with E-state index in [4.69, 9.17) is 5.73 Å². The smallest absolute Gasteiger partial charge is 0.200 e. The van der Waals surface area contributed by atoms with Crippen molar-refractivity contribution in [2.75, 3.05) is 0 Å². The molecule has 0 fully saturated rings. The third kappa shape index (κ3) is 3.79. The number of rotatable bonds is 4. The molecule has 0 aliphatic rings. The van der Waals surface area contributed by atoms with Crippen LogP contribution in [0, 0.1) is 35.0 Å². The van der Waals surface area contributed by atoms with Crippen molar-refractivity contribution in [1.29, 1.82) is 0 Å². The standard InChI is InChI=1S/C12H14F5N.ClH/c1-5(2)3-4-6(18)7-8(13)10(15)12(17)11(16)9(7)14;/h5-6H,3-4,18H2,1-2H3;1H/t6-;/m0./s1. The van der Waals surface area contributed by atoms with E-state index in [-0.39, 0.29) is 24.7 Å². The maximum Gasteiger partial charge on any atom is 0.200 e. The largest absolute Gasteiger partial charge is 0.324 e. The summed E-state index contributed by atoms with van der Waals surface area (Å²) in [5.41, 5.74) is 4.56. The fourth-order valence-electron chi connectivity index (χ4n) is 1.60. The van der Waals surface area contributed by atoms with E-state index in [0.717, 1.165) is 0 Å². The minimum Gasteiger partial charge on any atom is -0.324 e. The Morgan fingerprint density at radius 2 is 1.16 bits per heavy atom. The molecule has 7 heteroatoms. The molecule has 110 valence electrons. The van der Waals surface area contributed by atoms with E-state index in [1.54, 1.807) is 0 Å². The van der Waals surface area contributed by atoms with Crippen LogP contribution in [-0.4, -0.2) is 0 Å². The molecule has 0 unspecified atom stereocenters. The van der Waals surface area contributed by atoms with Crippen LogP contribution in [-0.2, 0) is 0 Å². The second-order valence-electron chi connectivity index (χ2n) is 4.56. The van der Waals surface area contributed by atoms with Crippen LogP contribution in [0.3, 0.4) is 0 Å². The van der Waals surface area contributed by atoms with Crippen molar-refractivity contribution in [3.63, 3.8) is 0 Å². The Bertz CT molecular complexity index is 421. The summed E-state index contributed by atoms with van der Waals surface area (Å²) in [4.78, 5) is 0. The van der Waals surface area contributed by atoms with Gasteiger partial charge in [-0.05, 0) is 18.8 Å². The maximum absolute atomic E-state index is 13.4. The van der Waals surface area contributed by atoms with Gasteiger partial charge >= 0.3 is 0 Å². The molecule has 0 amide bonds. The highest BCUT2D eigenvalue weighted by Gasteiger charge is 2.28. The van der Waals surface area contributed by atoms with Gasteiger partial charge < -0.3 is 5.73 Å². The Balaban J connectivity index is 0.00000324. The van der Waals surface area contributed by atoms with E-state index >= 15 is 0 Å². The summed E-state index contributed by atoms with van der Waals surface area (Å²) in [6.07, 6.45) is 0.677. The van der Waals surface area contributed by atoms with E-state index in [0.29, 0.717) is 6.42 Å². The highest BCUT2D eigenvalue weighted by atomic mass is 35.5. The molecule has 2 N–H and O–H groups in total. The highest BCUT2D eigenvalue weighted by Crippen LogP contribution is 2.29. The Morgan fingerprint density at radius 1 is 0.789 bits per heavy atom. The monoisotopic (exact) mass is 303 g/mol. The zero-order valence-electron chi connectivity index (χ0n) is 10.4. The first-order chi connectivity index (χ1) is 8.27. The van der Waals surface area contributed by atoms with Gasteiger partial charge in [0.25, 0.3) is 0 Å². The molecule has 1 aromatic rings. The summed E-state index contributed by atoms with van der Waals surface area (Å²) < 4.78 is 65.5. The number of benzene rings is 1. The zero-order valence-corrected chi connectivity index (χ0v) is 11.3. The summed E-state index contributed by atoms with van der Waals surface area (Å²) in [5.74, 6) is -9.54. The van der Waals surface area contributed by atoms with Gasteiger partial charge in [0.05, 0.1) is 0 Å². The lowest BCUT2D eigenvalue weighted by atomic mass is 9.97. The first-order valence-corrected chi connectivity index (χ1v) is 5.54. The van der Waals surface area contributed by atoms with Crippen molar-refractivity contribution in [3.8, 4) is 0 Å². The van der Waals surface area contributed by atoms with Gasteiger partial charge in [-0.2, -0.15) is 0 Å². The fraction of sp³-hybridized carbons (Fsp3) is 0.500. The first-order valence-electron chi connectivity index (χ1n) is 5.54. The predicted octanol–water partition coefficient (Wildman–Crippen LogP) is 4.24. The first kappa shape index (κ1) is 18.1. The molecule has 1 atom stereocenters. The average Bonchev–Trinajstić information content (AvgIpc) is 2.31. The van der Waals surface area contributed by atoms with Crippen LogP contribution in [0.5, 0.6) is 0 Å². The Morgan fingerprint density at radius 3 is 1.53 bits per heavy atom. The van der Waals surface area contributed by atoms with Gasteiger partial charge in [-0.3, -0.25) is 0 Å². The summed E-state index contributed by atoms with van der Waals surface area (Å²) in [6, 6.07) is -1.21. The number of nitrogens with two attached hydrogens (primary N) is 1. The molecule has 0 radical (unpaired) electrons. The van der Waals surface area contributed by atoms with Crippen molar-refractivity contribution in [3.05, 3.63) is 34.6 Å². The van der Waals surface area contributed by atoms with Crippen LogP contribution in [0.25, 0.3) is 0 Å². The highest BCUT2D eigenvalue weighted by molar-refractivity contribution is 5.85. The summed E-state index contributed by atoms with van der Waals surface area (Å²) in [6.45, 7) is 3.73. The molecule has 0 aromatic heterocycles. The van der Waals surface area contributed by atoms with E-state index in [2.05, 4.69) is 0 Å². The van der Waals surface area contributed by atoms with Gasteiger partial charge in [-0.25, -0.2) is 22.0 Å². The fourth-order valence-corrected chi connectivity index (χ4v) is 1.60. The van der Waals surface area contributed by atoms with Crippen LogP contribution >= 0.6 is 12.4 Å². The van der Waals surface area contributed by atoms with Crippen LogP contribution in [0.1, 0.15) is 38.3 Å². The van der Waals surface area contributed by atoms with Crippen molar-refractivity contribution in [2.45, 2.75) is 32.7 Å². The molecule has 1 rings (SSSR count). The van der Waals surface area contributed by atoms with E-state index in [1.165, 1.54) is 0 Å². The quantitative estimate of drug-likeness (QED) is 0.502. The van der Waals surface area contributed by atoms with E-state index in [1.807, 2.05) is 13.8 Å². The van der Waals surface area contributed by atoms with Gasteiger partial charge in [0.1, 0.15) is 0 Å². The van der Waals surface area contributed by atoms with E-state index in [9.17, 15) is 22.0 Å². The SMILES string of the molecule is CC(C)CC[C@H](N)c1c(F)c(F)c(F)c(F)c1F.Cl. The lowest BCUT2D eigenvalue weighted by Gasteiger charge is -2.16. The predicted molar refractivity (Wildman–Crippen MR) is 64.5 cm³/mol. The molecule has 0 saturated carbocycles. The van der Waals surface area contributed by atoms with Crippen molar-refractivity contribution >= 4 is 12.4 Å². The van der Waals surface area contributed by atoms with Crippen LogP contribution in [0.15, 0.2) is 0 Å². The molecule has 1 nitrogen and oxygen atoms in total. The number of halogens is 6. The van der Waals surface area contributed by atoms with Crippen molar-refractivity contribution in [2.24, 2.45) is 11.7 Å². The van der Waals surface area contributed by atoms with Gasteiger partial charge in [0.2, 0.25) is 5.82 Å². The zero-order chi connectivity index (χ0) is 14.0. The second-order valence-corrected chi connectivity index (χ2v) is 4.56. The Hall–Kier alpha value is -0.880. The number of hydrogen-bond donors (Lipinski definition) is 1. The lowest BCUT2D eigenvalue weighted by molar-refractivity contribution is 0.359. The van der Waals surface area contributed by atoms with Crippen LogP contribution in [0.4, 0.5) is 22.0 Å². The van der Waals surface area contributed by atoms with Gasteiger partial charge in [0, 0.05) is 11.6 Å². The Labute approximate surface area is 114 Å². The van der Waals surface area contributed by atoms with Gasteiger partial charge in [-0.15, -0.1) is 12.4 Å². The second kappa shape index (κ2) is 7.05. The van der Waals surface area contributed by atoms with Crippen LogP contribution in [0.2, 0.25) is 0 Å². The lowest BCUT2D eigenvalue weighted by Crippen LogP contribution is -2.18. The molecule has 0 heterocycles. The molecule has 0 spiro atoms. The van der Waals surface area contributed by atoms with E-state index < -0.39 is 40.7 Å². The molecule has 0 saturated heterocycles. The van der Waals surface area contributed by atoms with Crippen molar-refractivity contribution < 1.29 is 22.0 Å². The minimum atomic E-state index is -2.16. The molecule has 0 aliphatic heterocycles. The maximum atomic E-state index is 13.4. The van der Waals surface area contributed by atoms with Crippen LogP contribution < -0.4 is 5.73 Å². The molecular formula is C12H15ClF5N. The summed E-state index contributed by atoms with van der Waals surface area (Å²) in [7, 11) is 0. The third-order valence-corrected chi connectivity index (χ3v) is 2.67. The molecule has 0 aliphatic carbocycles. The third-order valence-electron chi connectivity index (χ3n) is 2.67. The summed E-state index contributed by atoms with van der Waals surface area (Å²) >= 11 is 0. The summed E-state index contributed by atoms with van der Waals surface area (Å²) in [5, 5.41) is 0. The Kier molecular flexibility index (Phi) is 6.72. The van der Waals surface area contributed by atoms with Gasteiger partial charge in [-0.1, -0.05) is 13.8 Å². The molecule has 0 bridgehead atoms. The molecule has 1 aromatic carbocycles. The minimum absolute atomic E-state index is 0. The molecular weight excluding hydrogens is 289 g/mol. The molecule has 19 heavy (non-hydrogen) atoms. The van der Waals surface area contributed by atoms with Gasteiger partial charge in [0.15, 0.2) is 23.3 Å². The average molecular weight is 304 g/mol.